The Labute approximate surface area is 88.6 Å². The standard InChI is InChI=1S/C9H16N4O2/c1-10-6-9-11-8(12-15-9)7-13-2-4-14-5-3-13/h10H,2-7H2,1H3. The van der Waals surface area contributed by atoms with E-state index < -0.39 is 0 Å². The van der Waals surface area contributed by atoms with Crippen LogP contribution in [0.3, 0.4) is 0 Å². The summed E-state index contributed by atoms with van der Waals surface area (Å²) in [6, 6.07) is 0. The van der Waals surface area contributed by atoms with Crippen LogP contribution in [0, 0.1) is 0 Å². The maximum absolute atomic E-state index is 5.27. The van der Waals surface area contributed by atoms with Gasteiger partial charge in [0.1, 0.15) is 0 Å². The van der Waals surface area contributed by atoms with Gasteiger partial charge in [-0.25, -0.2) is 0 Å². The predicted octanol–water partition coefficient (Wildman–Crippen LogP) is -0.379. The summed E-state index contributed by atoms with van der Waals surface area (Å²) in [6.45, 7) is 4.83. The number of hydrogen-bond acceptors (Lipinski definition) is 6. The molecule has 1 saturated heterocycles. The van der Waals surface area contributed by atoms with Crippen LogP contribution in [0.25, 0.3) is 0 Å². The van der Waals surface area contributed by atoms with Crippen molar-refractivity contribution in [2.45, 2.75) is 13.1 Å². The molecular formula is C9H16N4O2. The van der Waals surface area contributed by atoms with E-state index in [0.717, 1.165) is 38.7 Å². The minimum absolute atomic E-state index is 0.621. The summed E-state index contributed by atoms with van der Waals surface area (Å²) >= 11 is 0. The maximum Gasteiger partial charge on any atom is 0.240 e. The lowest BCUT2D eigenvalue weighted by molar-refractivity contribution is 0.0327. The summed E-state index contributed by atoms with van der Waals surface area (Å²) in [5.41, 5.74) is 0. The van der Waals surface area contributed by atoms with Crippen LogP contribution in [0.2, 0.25) is 0 Å². The zero-order chi connectivity index (χ0) is 10.5. The molecule has 0 radical (unpaired) electrons. The van der Waals surface area contributed by atoms with Gasteiger partial charge in [0.25, 0.3) is 0 Å². The lowest BCUT2D eigenvalue weighted by Gasteiger charge is -2.24. The van der Waals surface area contributed by atoms with E-state index in [-0.39, 0.29) is 0 Å². The number of nitrogens with one attached hydrogen (secondary N) is 1. The second kappa shape index (κ2) is 5.20. The molecule has 0 bridgehead atoms. The van der Waals surface area contributed by atoms with Crippen LogP contribution in [0.4, 0.5) is 0 Å². The molecule has 2 heterocycles. The van der Waals surface area contributed by atoms with E-state index in [9.17, 15) is 0 Å². The molecule has 0 spiro atoms. The first-order valence-corrected chi connectivity index (χ1v) is 5.14. The van der Waals surface area contributed by atoms with Crippen molar-refractivity contribution in [1.29, 1.82) is 0 Å². The van der Waals surface area contributed by atoms with Crippen LogP contribution < -0.4 is 5.32 Å². The second-order valence-corrected chi connectivity index (χ2v) is 3.52. The largest absolute Gasteiger partial charge is 0.379 e. The molecule has 1 N–H and O–H groups in total. The summed E-state index contributed by atoms with van der Waals surface area (Å²) in [6.07, 6.45) is 0. The molecule has 6 heteroatoms. The number of nitrogens with zero attached hydrogens (tertiary/aromatic N) is 3. The fourth-order valence-electron chi connectivity index (χ4n) is 1.54. The molecule has 0 unspecified atom stereocenters. The van der Waals surface area contributed by atoms with Crippen molar-refractivity contribution in [3.8, 4) is 0 Å². The molecule has 84 valence electrons. The Morgan fingerprint density at radius 1 is 1.40 bits per heavy atom. The Kier molecular flexibility index (Phi) is 3.65. The Morgan fingerprint density at radius 2 is 2.20 bits per heavy atom. The van der Waals surface area contributed by atoms with E-state index >= 15 is 0 Å². The van der Waals surface area contributed by atoms with Gasteiger partial charge < -0.3 is 14.6 Å². The minimum atomic E-state index is 0.621. The van der Waals surface area contributed by atoms with Gasteiger partial charge in [0.15, 0.2) is 5.82 Å². The van der Waals surface area contributed by atoms with Crippen LogP contribution in [0.1, 0.15) is 11.7 Å². The molecule has 0 aliphatic carbocycles. The number of rotatable bonds is 4. The normalized spacial score (nSPS) is 18.2. The smallest absolute Gasteiger partial charge is 0.240 e. The van der Waals surface area contributed by atoms with E-state index in [1.165, 1.54) is 0 Å². The van der Waals surface area contributed by atoms with Gasteiger partial charge in [-0.05, 0) is 7.05 Å². The second-order valence-electron chi connectivity index (χ2n) is 3.52. The molecular weight excluding hydrogens is 196 g/mol. The molecule has 1 aromatic heterocycles. The molecule has 0 atom stereocenters. The van der Waals surface area contributed by atoms with E-state index in [4.69, 9.17) is 9.26 Å². The summed E-state index contributed by atoms with van der Waals surface area (Å²) in [5, 5.41) is 6.89. The average molecular weight is 212 g/mol. The first-order chi connectivity index (χ1) is 7.38. The van der Waals surface area contributed by atoms with Gasteiger partial charge in [-0.1, -0.05) is 5.16 Å². The molecule has 0 saturated carbocycles. The highest BCUT2D eigenvalue weighted by Gasteiger charge is 2.14. The third-order valence-electron chi connectivity index (χ3n) is 2.31. The monoisotopic (exact) mass is 212 g/mol. The van der Waals surface area contributed by atoms with E-state index in [0.29, 0.717) is 12.4 Å². The fourth-order valence-corrected chi connectivity index (χ4v) is 1.54. The van der Waals surface area contributed by atoms with Crippen molar-refractivity contribution in [1.82, 2.24) is 20.4 Å². The average Bonchev–Trinajstić information content (AvgIpc) is 2.68. The van der Waals surface area contributed by atoms with Crippen molar-refractivity contribution in [2.75, 3.05) is 33.4 Å². The van der Waals surface area contributed by atoms with Crippen molar-refractivity contribution < 1.29 is 9.26 Å². The van der Waals surface area contributed by atoms with Gasteiger partial charge in [-0.3, -0.25) is 4.90 Å². The highest BCUT2D eigenvalue weighted by molar-refractivity contribution is 4.86. The molecule has 2 rings (SSSR count). The third kappa shape index (κ3) is 2.98. The molecule has 1 aliphatic heterocycles. The van der Waals surface area contributed by atoms with E-state index in [1.807, 2.05) is 7.05 Å². The highest BCUT2D eigenvalue weighted by Crippen LogP contribution is 2.04. The summed E-state index contributed by atoms with van der Waals surface area (Å²) in [7, 11) is 1.85. The van der Waals surface area contributed by atoms with Crippen molar-refractivity contribution in [3.63, 3.8) is 0 Å². The fraction of sp³-hybridized carbons (Fsp3) is 0.778. The first-order valence-electron chi connectivity index (χ1n) is 5.14. The minimum Gasteiger partial charge on any atom is -0.379 e. The van der Waals surface area contributed by atoms with Gasteiger partial charge in [-0.15, -0.1) is 0 Å². The van der Waals surface area contributed by atoms with Gasteiger partial charge in [0, 0.05) is 13.1 Å². The van der Waals surface area contributed by atoms with Crippen LogP contribution in [-0.4, -0.2) is 48.4 Å². The van der Waals surface area contributed by atoms with Gasteiger partial charge in [-0.2, -0.15) is 4.98 Å². The summed E-state index contributed by atoms with van der Waals surface area (Å²) in [5.74, 6) is 1.39. The van der Waals surface area contributed by atoms with Crippen LogP contribution in [0.15, 0.2) is 4.52 Å². The topological polar surface area (TPSA) is 63.4 Å². The number of hydrogen-bond donors (Lipinski definition) is 1. The summed E-state index contributed by atoms with van der Waals surface area (Å²) in [4.78, 5) is 6.53. The maximum atomic E-state index is 5.27. The lowest BCUT2D eigenvalue weighted by Crippen LogP contribution is -2.35. The highest BCUT2D eigenvalue weighted by atomic mass is 16.5. The molecule has 15 heavy (non-hydrogen) atoms. The Bertz CT molecular complexity index is 296. The van der Waals surface area contributed by atoms with Crippen molar-refractivity contribution in [2.24, 2.45) is 0 Å². The van der Waals surface area contributed by atoms with Crippen LogP contribution >= 0.6 is 0 Å². The van der Waals surface area contributed by atoms with Gasteiger partial charge >= 0.3 is 0 Å². The Balaban J connectivity index is 1.86. The van der Waals surface area contributed by atoms with E-state index in [2.05, 4.69) is 20.4 Å². The molecule has 1 fully saturated rings. The number of morpholine rings is 1. The molecule has 0 amide bonds. The quantitative estimate of drug-likeness (QED) is 0.734. The Morgan fingerprint density at radius 3 is 2.93 bits per heavy atom. The number of ether oxygens (including phenoxy) is 1. The van der Waals surface area contributed by atoms with Crippen LogP contribution in [0.5, 0.6) is 0 Å². The van der Waals surface area contributed by atoms with Crippen molar-refractivity contribution >= 4 is 0 Å². The summed E-state index contributed by atoms with van der Waals surface area (Å²) < 4.78 is 10.3. The zero-order valence-electron chi connectivity index (χ0n) is 8.90. The lowest BCUT2D eigenvalue weighted by atomic mass is 10.4. The molecule has 0 aromatic carbocycles. The Hall–Kier alpha value is -0.980. The molecule has 1 aliphatic rings. The number of aromatic nitrogens is 2. The van der Waals surface area contributed by atoms with Gasteiger partial charge in [0.05, 0.1) is 26.3 Å². The third-order valence-corrected chi connectivity index (χ3v) is 2.31. The molecule has 1 aromatic rings. The van der Waals surface area contributed by atoms with Crippen molar-refractivity contribution in [3.05, 3.63) is 11.7 Å². The predicted molar refractivity (Wildman–Crippen MR) is 53.2 cm³/mol. The van der Waals surface area contributed by atoms with Gasteiger partial charge in [0.2, 0.25) is 5.89 Å². The van der Waals surface area contributed by atoms with Crippen LogP contribution in [-0.2, 0) is 17.8 Å². The zero-order valence-corrected chi connectivity index (χ0v) is 8.90. The molecule has 6 nitrogen and oxygen atoms in total. The van der Waals surface area contributed by atoms with E-state index in [1.54, 1.807) is 0 Å². The SMILES string of the molecule is CNCc1nc(CN2CCOCC2)no1. The first kappa shape index (κ1) is 10.5.